The third kappa shape index (κ3) is 1.28. The van der Waals surface area contributed by atoms with E-state index in [1.807, 2.05) is 6.92 Å². The average molecular weight is 140 g/mol. The topological polar surface area (TPSA) is 52.6 Å². The van der Waals surface area contributed by atoms with Gasteiger partial charge in [-0.1, -0.05) is 0 Å². The lowest BCUT2D eigenvalue weighted by Crippen LogP contribution is -2.35. The number of amides is 1. The molecule has 1 rings (SSSR count). The molecule has 0 aromatic carbocycles. The highest BCUT2D eigenvalue weighted by molar-refractivity contribution is 5.66. The molecule has 0 radical (unpaired) electrons. The normalized spacial score (nSPS) is 16.1. The molecule has 4 heteroatoms. The van der Waals surface area contributed by atoms with Crippen molar-refractivity contribution in [2.75, 3.05) is 0 Å². The van der Waals surface area contributed by atoms with Crippen molar-refractivity contribution in [3.63, 3.8) is 0 Å². The van der Waals surface area contributed by atoms with E-state index >= 15 is 0 Å². The van der Waals surface area contributed by atoms with Gasteiger partial charge in [-0.3, -0.25) is 5.43 Å². The summed E-state index contributed by atoms with van der Waals surface area (Å²) in [6.07, 6.45) is 3.77. The number of hydrazine groups is 1. The number of hydrogen-bond donors (Lipinski definition) is 2. The van der Waals surface area contributed by atoms with Crippen LogP contribution in [-0.4, -0.2) is 16.2 Å². The number of nitrogens with one attached hydrogen (secondary N) is 1. The lowest BCUT2D eigenvalue weighted by atomic mass is 10.3. The van der Waals surface area contributed by atoms with E-state index in [0.29, 0.717) is 0 Å². The summed E-state index contributed by atoms with van der Waals surface area (Å²) in [7, 11) is 0. The summed E-state index contributed by atoms with van der Waals surface area (Å²) >= 11 is 0. The Morgan fingerprint density at radius 3 is 2.90 bits per heavy atom. The SMILES string of the molecule is CC1=CNN(C(=O)O)C=C1. The molecule has 4 nitrogen and oxygen atoms in total. The second-order valence-corrected chi connectivity index (χ2v) is 1.99. The molecule has 1 aliphatic rings. The minimum Gasteiger partial charge on any atom is -0.463 e. The third-order valence-electron chi connectivity index (χ3n) is 1.12. The fourth-order valence-electron chi connectivity index (χ4n) is 0.574. The standard InChI is InChI=1S/C6H8N2O2/c1-5-2-3-8(6(9)10)7-4-5/h2-4,7H,1H3,(H,9,10). The average Bonchev–Trinajstić information content (AvgIpc) is 1.88. The van der Waals surface area contributed by atoms with Crippen LogP contribution < -0.4 is 5.43 Å². The zero-order valence-corrected chi connectivity index (χ0v) is 5.53. The monoisotopic (exact) mass is 140 g/mol. The Kier molecular flexibility index (Phi) is 1.62. The van der Waals surface area contributed by atoms with E-state index in [-0.39, 0.29) is 0 Å². The lowest BCUT2D eigenvalue weighted by molar-refractivity contribution is 0.151. The summed E-state index contributed by atoms with van der Waals surface area (Å²) in [4.78, 5) is 10.2. The van der Waals surface area contributed by atoms with Gasteiger partial charge < -0.3 is 5.11 Å². The molecule has 0 aromatic rings. The maximum absolute atomic E-state index is 10.2. The van der Waals surface area contributed by atoms with Crippen LogP contribution in [0.4, 0.5) is 4.79 Å². The number of carbonyl (C=O) groups is 1. The molecule has 10 heavy (non-hydrogen) atoms. The Hall–Kier alpha value is -1.45. The van der Waals surface area contributed by atoms with Crippen molar-refractivity contribution in [2.24, 2.45) is 0 Å². The highest BCUT2D eigenvalue weighted by atomic mass is 16.4. The zero-order valence-electron chi connectivity index (χ0n) is 5.53. The summed E-state index contributed by atoms with van der Waals surface area (Å²) in [6, 6.07) is 0. The van der Waals surface area contributed by atoms with Crippen molar-refractivity contribution >= 4 is 6.09 Å². The van der Waals surface area contributed by atoms with E-state index in [9.17, 15) is 4.79 Å². The maximum atomic E-state index is 10.2. The largest absolute Gasteiger partial charge is 0.463 e. The van der Waals surface area contributed by atoms with Crippen molar-refractivity contribution in [1.82, 2.24) is 10.4 Å². The highest BCUT2D eigenvalue weighted by Crippen LogP contribution is 2.00. The van der Waals surface area contributed by atoms with E-state index < -0.39 is 6.09 Å². The van der Waals surface area contributed by atoms with Crippen LogP contribution >= 0.6 is 0 Å². The minimum atomic E-state index is -1.01. The first kappa shape index (κ1) is 6.67. The Balaban J connectivity index is 2.60. The van der Waals surface area contributed by atoms with Gasteiger partial charge in [-0.2, -0.15) is 5.01 Å². The summed E-state index contributed by atoms with van der Waals surface area (Å²) in [5.74, 6) is 0. The van der Waals surface area contributed by atoms with Crippen molar-refractivity contribution in [3.8, 4) is 0 Å². The van der Waals surface area contributed by atoms with Crippen LogP contribution in [0.1, 0.15) is 6.92 Å². The van der Waals surface area contributed by atoms with Crippen LogP contribution in [0.5, 0.6) is 0 Å². The predicted molar refractivity (Wildman–Crippen MR) is 35.9 cm³/mol. The number of rotatable bonds is 0. The van der Waals surface area contributed by atoms with Crippen LogP contribution in [0.15, 0.2) is 24.0 Å². The van der Waals surface area contributed by atoms with E-state index in [4.69, 9.17) is 5.11 Å². The van der Waals surface area contributed by atoms with Gasteiger partial charge in [-0.05, 0) is 18.6 Å². The molecule has 0 aliphatic carbocycles. The van der Waals surface area contributed by atoms with Gasteiger partial charge in [0.1, 0.15) is 0 Å². The Morgan fingerprint density at radius 2 is 2.50 bits per heavy atom. The van der Waals surface area contributed by atoms with Crippen molar-refractivity contribution in [3.05, 3.63) is 24.0 Å². The molecule has 2 N–H and O–H groups in total. The quantitative estimate of drug-likeness (QED) is 0.525. The van der Waals surface area contributed by atoms with Crippen LogP contribution in [0.2, 0.25) is 0 Å². The molecule has 1 aliphatic heterocycles. The molecule has 0 saturated carbocycles. The van der Waals surface area contributed by atoms with E-state index in [1.54, 1.807) is 12.3 Å². The first-order valence-corrected chi connectivity index (χ1v) is 2.83. The summed E-state index contributed by atoms with van der Waals surface area (Å²) in [6.45, 7) is 1.88. The second-order valence-electron chi connectivity index (χ2n) is 1.99. The second kappa shape index (κ2) is 2.43. The van der Waals surface area contributed by atoms with Crippen LogP contribution in [0.25, 0.3) is 0 Å². The molecule has 0 fully saturated rings. The lowest BCUT2D eigenvalue weighted by Gasteiger charge is -2.17. The number of nitrogens with zero attached hydrogens (tertiary/aromatic N) is 1. The molecule has 1 amide bonds. The fraction of sp³-hybridized carbons (Fsp3) is 0.167. The summed E-state index contributed by atoms with van der Waals surface area (Å²) in [5.41, 5.74) is 3.55. The van der Waals surface area contributed by atoms with Crippen LogP contribution in [0, 0.1) is 0 Å². The number of carboxylic acid groups (broad SMARTS) is 1. The molecule has 0 aromatic heterocycles. The smallest absolute Gasteiger partial charge is 0.430 e. The van der Waals surface area contributed by atoms with Gasteiger partial charge in [0.2, 0.25) is 0 Å². The van der Waals surface area contributed by atoms with Gasteiger partial charge >= 0.3 is 6.09 Å². The summed E-state index contributed by atoms with van der Waals surface area (Å²) < 4.78 is 0. The Labute approximate surface area is 58.4 Å². The fourth-order valence-corrected chi connectivity index (χ4v) is 0.574. The number of hydrogen-bond acceptors (Lipinski definition) is 2. The van der Waals surface area contributed by atoms with Gasteiger partial charge in [0.25, 0.3) is 0 Å². The Bertz CT molecular complexity index is 208. The van der Waals surface area contributed by atoms with Crippen LogP contribution in [0.3, 0.4) is 0 Å². The summed E-state index contributed by atoms with van der Waals surface area (Å²) in [5, 5.41) is 9.39. The molecular formula is C6H8N2O2. The predicted octanol–water partition coefficient (Wildman–Crippen LogP) is 0.902. The van der Waals surface area contributed by atoms with Crippen molar-refractivity contribution in [2.45, 2.75) is 6.92 Å². The van der Waals surface area contributed by atoms with Crippen molar-refractivity contribution < 1.29 is 9.90 Å². The van der Waals surface area contributed by atoms with Gasteiger partial charge in [-0.25, -0.2) is 4.79 Å². The molecule has 0 spiro atoms. The molecule has 1 heterocycles. The highest BCUT2D eigenvalue weighted by Gasteiger charge is 2.07. The Morgan fingerprint density at radius 1 is 1.80 bits per heavy atom. The van der Waals surface area contributed by atoms with Gasteiger partial charge in [0.05, 0.1) is 0 Å². The van der Waals surface area contributed by atoms with Gasteiger partial charge in [0.15, 0.2) is 0 Å². The van der Waals surface area contributed by atoms with E-state index in [0.717, 1.165) is 10.6 Å². The molecular weight excluding hydrogens is 132 g/mol. The first-order valence-electron chi connectivity index (χ1n) is 2.83. The van der Waals surface area contributed by atoms with Gasteiger partial charge in [-0.15, -0.1) is 0 Å². The molecule has 0 atom stereocenters. The third-order valence-corrected chi connectivity index (χ3v) is 1.12. The van der Waals surface area contributed by atoms with Gasteiger partial charge in [0, 0.05) is 12.4 Å². The molecule has 0 saturated heterocycles. The first-order chi connectivity index (χ1) is 4.70. The molecule has 0 unspecified atom stereocenters. The number of allylic oxidation sites excluding steroid dienone is 2. The van der Waals surface area contributed by atoms with E-state index in [1.165, 1.54) is 6.20 Å². The maximum Gasteiger partial charge on any atom is 0.430 e. The van der Waals surface area contributed by atoms with E-state index in [2.05, 4.69) is 5.43 Å². The molecule has 54 valence electrons. The van der Waals surface area contributed by atoms with Crippen molar-refractivity contribution in [1.29, 1.82) is 0 Å². The van der Waals surface area contributed by atoms with Crippen LogP contribution in [-0.2, 0) is 0 Å². The molecule has 0 bridgehead atoms. The minimum absolute atomic E-state index is 0.979. The zero-order chi connectivity index (χ0) is 7.56.